The van der Waals surface area contributed by atoms with Gasteiger partial charge in [0.15, 0.2) is 0 Å². The summed E-state index contributed by atoms with van der Waals surface area (Å²) in [4.78, 5) is 26.8. The van der Waals surface area contributed by atoms with Crippen molar-refractivity contribution in [2.24, 2.45) is 0 Å². The van der Waals surface area contributed by atoms with Crippen LogP contribution in [0.15, 0.2) is 54.6 Å². The van der Waals surface area contributed by atoms with Gasteiger partial charge in [-0.25, -0.2) is 4.79 Å². The highest BCUT2D eigenvalue weighted by Crippen LogP contribution is 2.30. The maximum absolute atomic E-state index is 13.1. The predicted octanol–water partition coefficient (Wildman–Crippen LogP) is 4.35. The monoisotopic (exact) mass is 438 g/mol. The molecule has 1 heterocycles. The first-order chi connectivity index (χ1) is 15.4. The van der Waals surface area contributed by atoms with Crippen LogP contribution in [0.3, 0.4) is 0 Å². The normalized spacial score (nSPS) is 17.3. The van der Waals surface area contributed by atoms with E-state index in [9.17, 15) is 14.7 Å². The molecule has 0 saturated carbocycles. The summed E-state index contributed by atoms with van der Waals surface area (Å²) in [5.74, 6) is -0.247. The Hall–Kier alpha value is -2.70. The van der Waals surface area contributed by atoms with Crippen LogP contribution in [0.4, 0.5) is 4.79 Å². The van der Waals surface area contributed by atoms with Gasteiger partial charge in [-0.2, -0.15) is 0 Å². The van der Waals surface area contributed by atoms with Gasteiger partial charge in [-0.05, 0) is 36.5 Å². The Balaban J connectivity index is 1.71. The third-order valence-electron chi connectivity index (χ3n) is 6.02. The summed E-state index contributed by atoms with van der Waals surface area (Å²) in [6.07, 6.45) is 1.44. The van der Waals surface area contributed by atoms with E-state index < -0.39 is 17.7 Å². The Bertz CT molecular complexity index is 909. The number of nitrogens with zero attached hydrogens (tertiary/aromatic N) is 1. The number of carbonyl (C=O) groups excluding carboxylic acids is 2. The first-order valence-corrected chi connectivity index (χ1v) is 11.5. The zero-order valence-corrected chi connectivity index (χ0v) is 19.2. The molecular formula is C26H34N2O4. The van der Waals surface area contributed by atoms with Crippen molar-refractivity contribution in [1.82, 2.24) is 10.2 Å². The second kappa shape index (κ2) is 10.7. The number of aliphatic hydroxyl groups excluding tert-OH is 1. The number of rotatable bonds is 11. The third-order valence-corrected chi connectivity index (χ3v) is 6.02. The third kappa shape index (κ3) is 5.19. The lowest BCUT2D eigenvalue weighted by Crippen LogP contribution is -2.47. The van der Waals surface area contributed by atoms with Crippen LogP contribution >= 0.6 is 0 Å². The fourth-order valence-corrected chi connectivity index (χ4v) is 4.50. The van der Waals surface area contributed by atoms with E-state index in [1.165, 1.54) is 0 Å². The van der Waals surface area contributed by atoms with Crippen LogP contribution in [-0.4, -0.2) is 46.7 Å². The average molecular weight is 439 g/mol. The molecule has 2 N–H and O–H groups in total. The van der Waals surface area contributed by atoms with Crippen LogP contribution in [0.25, 0.3) is 0 Å². The van der Waals surface area contributed by atoms with Crippen molar-refractivity contribution >= 4 is 11.9 Å². The standard InChI is InChI=1S/C26H34N2O4/c1-4-15-26(16-5-2)24(30)28(25(31)27-26)17-21(29)18-32-23(20-12-7-6-8-13-20)22-14-10-9-11-19(22)3/h6-14,21,23,29H,4-5,15-18H2,1-3H3,(H,27,31)/t21-,23-/m1/s1. The Morgan fingerprint density at radius 1 is 1.00 bits per heavy atom. The molecule has 32 heavy (non-hydrogen) atoms. The van der Waals surface area contributed by atoms with Crippen LogP contribution in [0.1, 0.15) is 62.3 Å². The highest BCUT2D eigenvalue weighted by Gasteiger charge is 2.50. The Kier molecular flexibility index (Phi) is 8.04. The second-order valence-corrected chi connectivity index (χ2v) is 8.56. The van der Waals surface area contributed by atoms with E-state index in [1.807, 2.05) is 75.4 Å². The average Bonchev–Trinajstić information content (AvgIpc) is 3.00. The number of ether oxygens (including phenoxy) is 1. The van der Waals surface area contributed by atoms with Gasteiger partial charge in [0.05, 0.1) is 19.3 Å². The summed E-state index contributed by atoms with van der Waals surface area (Å²) in [6, 6.07) is 17.4. The molecule has 1 aliphatic rings. The maximum Gasteiger partial charge on any atom is 0.325 e. The van der Waals surface area contributed by atoms with Crippen molar-refractivity contribution in [2.45, 2.75) is 64.2 Å². The van der Waals surface area contributed by atoms with Crippen molar-refractivity contribution in [1.29, 1.82) is 0 Å². The number of aliphatic hydroxyl groups is 1. The SMILES string of the molecule is CCCC1(CCC)NC(=O)N(C[C@@H](O)CO[C@H](c2ccccc2)c2ccccc2C)C1=O. The van der Waals surface area contributed by atoms with E-state index in [0.717, 1.165) is 34.4 Å². The van der Waals surface area contributed by atoms with Crippen LogP contribution in [0, 0.1) is 6.92 Å². The van der Waals surface area contributed by atoms with Gasteiger partial charge in [0, 0.05) is 0 Å². The van der Waals surface area contributed by atoms with Crippen molar-refractivity contribution in [3.63, 3.8) is 0 Å². The maximum atomic E-state index is 13.1. The molecule has 1 aliphatic heterocycles. The molecule has 2 aromatic carbocycles. The number of urea groups is 1. The van der Waals surface area contributed by atoms with Crippen molar-refractivity contribution < 1.29 is 19.4 Å². The topological polar surface area (TPSA) is 78.9 Å². The summed E-state index contributed by atoms with van der Waals surface area (Å²) in [6.45, 7) is 5.93. The minimum Gasteiger partial charge on any atom is -0.389 e. The number of nitrogens with one attached hydrogen (secondary N) is 1. The number of amides is 3. The second-order valence-electron chi connectivity index (χ2n) is 8.56. The molecule has 6 nitrogen and oxygen atoms in total. The molecule has 1 fully saturated rings. The first-order valence-electron chi connectivity index (χ1n) is 11.5. The van der Waals surface area contributed by atoms with E-state index in [4.69, 9.17) is 4.74 Å². The lowest BCUT2D eigenvalue weighted by atomic mass is 9.88. The van der Waals surface area contributed by atoms with Crippen molar-refractivity contribution in [3.8, 4) is 0 Å². The molecule has 1 saturated heterocycles. The Morgan fingerprint density at radius 2 is 1.62 bits per heavy atom. The molecule has 0 radical (unpaired) electrons. The van der Waals surface area contributed by atoms with E-state index in [1.54, 1.807) is 0 Å². The van der Waals surface area contributed by atoms with Gasteiger partial charge < -0.3 is 15.2 Å². The smallest absolute Gasteiger partial charge is 0.325 e. The summed E-state index contributed by atoms with van der Waals surface area (Å²) < 4.78 is 6.16. The van der Waals surface area contributed by atoms with E-state index in [2.05, 4.69) is 5.32 Å². The molecule has 2 aromatic rings. The molecule has 0 aromatic heterocycles. The number of imide groups is 1. The van der Waals surface area contributed by atoms with Crippen LogP contribution in [0.2, 0.25) is 0 Å². The van der Waals surface area contributed by atoms with Crippen LogP contribution in [0.5, 0.6) is 0 Å². The molecule has 0 bridgehead atoms. The quantitative estimate of drug-likeness (QED) is 0.511. The number of β-amino-alcohol motifs (C(OH)–C–C–N with tert-alkyl or cyclic N) is 1. The molecule has 2 atom stereocenters. The number of carbonyl (C=O) groups is 2. The zero-order valence-electron chi connectivity index (χ0n) is 19.2. The molecule has 0 spiro atoms. The van der Waals surface area contributed by atoms with Crippen LogP contribution < -0.4 is 5.32 Å². The van der Waals surface area contributed by atoms with Gasteiger partial charge in [0.25, 0.3) is 5.91 Å². The molecule has 3 rings (SSSR count). The fourth-order valence-electron chi connectivity index (χ4n) is 4.50. The van der Waals surface area contributed by atoms with Gasteiger partial charge in [-0.15, -0.1) is 0 Å². The van der Waals surface area contributed by atoms with Gasteiger partial charge in [-0.1, -0.05) is 81.3 Å². The van der Waals surface area contributed by atoms with Gasteiger partial charge >= 0.3 is 6.03 Å². The molecular weight excluding hydrogens is 404 g/mol. The minimum atomic E-state index is -0.987. The highest BCUT2D eigenvalue weighted by atomic mass is 16.5. The van der Waals surface area contributed by atoms with E-state index in [0.29, 0.717) is 12.8 Å². The Morgan fingerprint density at radius 3 is 2.25 bits per heavy atom. The molecule has 0 aliphatic carbocycles. The number of hydrogen-bond donors (Lipinski definition) is 2. The van der Waals surface area contributed by atoms with Gasteiger partial charge in [0.2, 0.25) is 0 Å². The number of benzene rings is 2. The van der Waals surface area contributed by atoms with Gasteiger partial charge in [0.1, 0.15) is 11.6 Å². The zero-order chi connectivity index (χ0) is 23.1. The van der Waals surface area contributed by atoms with Gasteiger partial charge in [-0.3, -0.25) is 9.69 Å². The Labute approximate surface area is 190 Å². The van der Waals surface area contributed by atoms with Crippen LogP contribution in [-0.2, 0) is 9.53 Å². The number of aryl methyl sites for hydroxylation is 1. The molecule has 0 unspecified atom stereocenters. The van der Waals surface area contributed by atoms with Crippen molar-refractivity contribution in [3.05, 3.63) is 71.3 Å². The summed E-state index contributed by atoms with van der Waals surface area (Å²) in [5, 5.41) is 13.6. The number of hydrogen-bond acceptors (Lipinski definition) is 4. The van der Waals surface area contributed by atoms with E-state index >= 15 is 0 Å². The fraction of sp³-hybridized carbons (Fsp3) is 0.462. The summed E-state index contributed by atoms with van der Waals surface area (Å²) in [7, 11) is 0. The lowest BCUT2D eigenvalue weighted by molar-refractivity contribution is -0.133. The molecule has 3 amide bonds. The highest BCUT2D eigenvalue weighted by molar-refractivity contribution is 6.07. The predicted molar refractivity (Wildman–Crippen MR) is 124 cm³/mol. The first kappa shape index (κ1) is 24.0. The minimum absolute atomic E-state index is 0.000485. The summed E-state index contributed by atoms with van der Waals surface area (Å²) in [5.41, 5.74) is 2.24. The largest absolute Gasteiger partial charge is 0.389 e. The molecule has 6 heteroatoms. The molecule has 172 valence electrons. The van der Waals surface area contributed by atoms with Crippen molar-refractivity contribution in [2.75, 3.05) is 13.2 Å². The summed E-state index contributed by atoms with van der Waals surface area (Å²) >= 11 is 0. The van der Waals surface area contributed by atoms with E-state index in [-0.39, 0.29) is 25.2 Å². The lowest BCUT2D eigenvalue weighted by Gasteiger charge is -2.26.